The average Bonchev–Trinajstić information content (AvgIpc) is 2.42. The number of nitrogens with one attached hydrogen (secondary N) is 1. The van der Waals surface area contributed by atoms with Gasteiger partial charge < -0.3 is 10.1 Å². The van der Waals surface area contributed by atoms with Crippen LogP contribution in [0, 0.1) is 5.92 Å². The van der Waals surface area contributed by atoms with Gasteiger partial charge in [0.05, 0.1) is 13.2 Å². The molecule has 1 aliphatic rings. The second kappa shape index (κ2) is 8.03. The van der Waals surface area contributed by atoms with Crippen LogP contribution in [0.15, 0.2) is 28.7 Å². The van der Waals surface area contributed by atoms with Gasteiger partial charge >= 0.3 is 0 Å². The minimum Gasteiger partial charge on any atom is -0.375 e. The standard InChI is InChI=1S/C16H24BrNO/c1-13-6-8-15(9-7-13)18-10-11-19-12-14-4-2-3-5-16(14)17/h2-5,13,15,18H,6-12H2,1H3. The van der Waals surface area contributed by atoms with Crippen molar-refractivity contribution in [3.63, 3.8) is 0 Å². The van der Waals surface area contributed by atoms with Crippen molar-refractivity contribution in [2.75, 3.05) is 13.2 Å². The Hall–Kier alpha value is -0.380. The fraction of sp³-hybridized carbons (Fsp3) is 0.625. The van der Waals surface area contributed by atoms with Crippen LogP contribution >= 0.6 is 15.9 Å². The Morgan fingerprint density at radius 3 is 2.68 bits per heavy atom. The third kappa shape index (κ3) is 5.25. The summed E-state index contributed by atoms with van der Waals surface area (Å²) in [6.45, 7) is 4.79. The first-order valence-corrected chi connectivity index (χ1v) is 8.09. The van der Waals surface area contributed by atoms with Crippen LogP contribution in [0.25, 0.3) is 0 Å². The Bertz CT molecular complexity index is 375. The number of rotatable bonds is 6. The number of benzene rings is 1. The molecule has 106 valence electrons. The Kier molecular flexibility index (Phi) is 6.35. The monoisotopic (exact) mass is 325 g/mol. The number of halogens is 1. The van der Waals surface area contributed by atoms with E-state index in [9.17, 15) is 0 Å². The summed E-state index contributed by atoms with van der Waals surface area (Å²) >= 11 is 3.54. The number of hydrogen-bond donors (Lipinski definition) is 1. The van der Waals surface area contributed by atoms with E-state index in [1.54, 1.807) is 0 Å². The first kappa shape index (κ1) is 15.0. The van der Waals surface area contributed by atoms with Crippen molar-refractivity contribution in [2.45, 2.75) is 45.3 Å². The Morgan fingerprint density at radius 2 is 1.95 bits per heavy atom. The van der Waals surface area contributed by atoms with Gasteiger partial charge in [-0.15, -0.1) is 0 Å². The first-order chi connectivity index (χ1) is 9.25. The molecule has 0 aliphatic heterocycles. The second-order valence-electron chi connectivity index (χ2n) is 5.55. The van der Waals surface area contributed by atoms with Crippen LogP contribution in [0.2, 0.25) is 0 Å². The highest BCUT2D eigenvalue weighted by atomic mass is 79.9. The molecule has 1 aromatic carbocycles. The topological polar surface area (TPSA) is 21.3 Å². The van der Waals surface area contributed by atoms with Crippen LogP contribution in [0.4, 0.5) is 0 Å². The summed E-state index contributed by atoms with van der Waals surface area (Å²) in [7, 11) is 0. The number of hydrogen-bond acceptors (Lipinski definition) is 2. The maximum atomic E-state index is 5.72. The van der Waals surface area contributed by atoms with Gasteiger partial charge in [0.15, 0.2) is 0 Å². The molecule has 0 spiro atoms. The molecule has 2 rings (SSSR count). The largest absolute Gasteiger partial charge is 0.375 e. The molecule has 0 aromatic heterocycles. The zero-order valence-corrected chi connectivity index (χ0v) is 13.3. The van der Waals surface area contributed by atoms with Crippen LogP contribution in [-0.4, -0.2) is 19.2 Å². The lowest BCUT2D eigenvalue weighted by Crippen LogP contribution is -2.34. The summed E-state index contributed by atoms with van der Waals surface area (Å²) in [6.07, 6.45) is 5.39. The molecule has 1 fully saturated rings. The van der Waals surface area contributed by atoms with Gasteiger partial charge in [-0.05, 0) is 43.2 Å². The average molecular weight is 326 g/mol. The van der Waals surface area contributed by atoms with Crippen LogP contribution in [0.5, 0.6) is 0 Å². The van der Waals surface area contributed by atoms with Gasteiger partial charge in [0.1, 0.15) is 0 Å². The molecule has 19 heavy (non-hydrogen) atoms. The molecule has 0 saturated heterocycles. The highest BCUT2D eigenvalue weighted by molar-refractivity contribution is 9.10. The molecule has 1 aliphatic carbocycles. The quantitative estimate of drug-likeness (QED) is 0.794. The zero-order chi connectivity index (χ0) is 13.5. The molecular formula is C16H24BrNO. The van der Waals surface area contributed by atoms with Crippen molar-refractivity contribution in [1.82, 2.24) is 5.32 Å². The summed E-state index contributed by atoms with van der Waals surface area (Å²) in [5.74, 6) is 0.921. The van der Waals surface area contributed by atoms with Crippen molar-refractivity contribution in [3.8, 4) is 0 Å². The summed E-state index contributed by atoms with van der Waals surface area (Å²) < 4.78 is 6.85. The zero-order valence-electron chi connectivity index (χ0n) is 11.7. The van der Waals surface area contributed by atoms with Gasteiger partial charge in [-0.25, -0.2) is 0 Å². The SMILES string of the molecule is CC1CCC(NCCOCc2ccccc2Br)CC1. The normalized spacial score (nSPS) is 23.5. The minimum absolute atomic E-state index is 0.685. The summed E-state index contributed by atoms with van der Waals surface area (Å²) in [5.41, 5.74) is 1.22. The van der Waals surface area contributed by atoms with Crippen molar-refractivity contribution >= 4 is 15.9 Å². The fourth-order valence-corrected chi connectivity index (χ4v) is 3.00. The Morgan fingerprint density at radius 1 is 1.21 bits per heavy atom. The van der Waals surface area contributed by atoms with Crippen molar-refractivity contribution in [3.05, 3.63) is 34.3 Å². The predicted octanol–water partition coefficient (Wildman–Crippen LogP) is 4.13. The lowest BCUT2D eigenvalue weighted by atomic mass is 9.87. The molecular weight excluding hydrogens is 302 g/mol. The Labute approximate surface area is 125 Å². The van der Waals surface area contributed by atoms with E-state index < -0.39 is 0 Å². The molecule has 0 heterocycles. The van der Waals surface area contributed by atoms with Crippen LogP contribution < -0.4 is 5.32 Å². The molecule has 1 saturated carbocycles. The number of ether oxygens (including phenoxy) is 1. The molecule has 2 nitrogen and oxygen atoms in total. The van der Waals surface area contributed by atoms with Gasteiger partial charge in [0, 0.05) is 17.1 Å². The van der Waals surface area contributed by atoms with Crippen molar-refractivity contribution in [1.29, 1.82) is 0 Å². The fourth-order valence-electron chi connectivity index (χ4n) is 2.60. The molecule has 0 atom stereocenters. The van der Waals surface area contributed by atoms with Crippen LogP contribution in [0.1, 0.15) is 38.2 Å². The summed E-state index contributed by atoms with van der Waals surface area (Å²) in [4.78, 5) is 0. The summed E-state index contributed by atoms with van der Waals surface area (Å²) in [6, 6.07) is 8.94. The third-order valence-corrected chi connectivity index (χ3v) is 4.68. The van der Waals surface area contributed by atoms with Gasteiger partial charge in [0.2, 0.25) is 0 Å². The molecule has 3 heteroatoms. The van der Waals surface area contributed by atoms with Gasteiger partial charge in [-0.2, -0.15) is 0 Å². The van der Waals surface area contributed by atoms with Gasteiger partial charge in [-0.1, -0.05) is 41.1 Å². The van der Waals surface area contributed by atoms with Crippen molar-refractivity contribution in [2.24, 2.45) is 5.92 Å². The maximum absolute atomic E-state index is 5.72. The maximum Gasteiger partial charge on any atom is 0.0728 e. The predicted molar refractivity (Wildman–Crippen MR) is 83.2 cm³/mol. The molecule has 1 N–H and O–H groups in total. The van der Waals surface area contributed by atoms with E-state index in [-0.39, 0.29) is 0 Å². The lowest BCUT2D eigenvalue weighted by molar-refractivity contribution is 0.118. The van der Waals surface area contributed by atoms with Gasteiger partial charge in [0.25, 0.3) is 0 Å². The van der Waals surface area contributed by atoms with Crippen LogP contribution in [-0.2, 0) is 11.3 Å². The van der Waals surface area contributed by atoms with E-state index in [1.807, 2.05) is 12.1 Å². The van der Waals surface area contributed by atoms with E-state index in [4.69, 9.17) is 4.74 Å². The minimum atomic E-state index is 0.685. The van der Waals surface area contributed by atoms with E-state index in [0.717, 1.165) is 23.5 Å². The van der Waals surface area contributed by atoms with E-state index in [2.05, 4.69) is 40.3 Å². The molecule has 0 unspecified atom stereocenters. The molecule has 1 aromatic rings. The first-order valence-electron chi connectivity index (χ1n) is 7.30. The highest BCUT2D eigenvalue weighted by Crippen LogP contribution is 2.23. The third-order valence-electron chi connectivity index (χ3n) is 3.91. The van der Waals surface area contributed by atoms with E-state index in [0.29, 0.717) is 12.6 Å². The van der Waals surface area contributed by atoms with Crippen molar-refractivity contribution < 1.29 is 4.74 Å². The smallest absolute Gasteiger partial charge is 0.0728 e. The van der Waals surface area contributed by atoms with E-state index >= 15 is 0 Å². The summed E-state index contributed by atoms with van der Waals surface area (Å²) in [5, 5.41) is 3.61. The second-order valence-corrected chi connectivity index (χ2v) is 6.41. The molecule has 0 radical (unpaired) electrons. The van der Waals surface area contributed by atoms with Gasteiger partial charge in [-0.3, -0.25) is 0 Å². The molecule has 0 bridgehead atoms. The lowest BCUT2D eigenvalue weighted by Gasteiger charge is -2.27. The highest BCUT2D eigenvalue weighted by Gasteiger charge is 2.16. The van der Waals surface area contributed by atoms with E-state index in [1.165, 1.54) is 31.2 Å². The Balaban J connectivity index is 1.56. The van der Waals surface area contributed by atoms with Crippen LogP contribution in [0.3, 0.4) is 0 Å². The molecule has 0 amide bonds.